The molecule has 0 aromatic heterocycles. The maximum atomic E-state index is 11.2. The monoisotopic (exact) mass is 234 g/mol. The third-order valence-corrected chi connectivity index (χ3v) is 2.81. The lowest BCUT2D eigenvalue weighted by molar-refractivity contribution is 0.0372. The van der Waals surface area contributed by atoms with Crippen molar-refractivity contribution >= 4 is 11.5 Å². The first-order chi connectivity index (χ1) is 8.25. The molecular formula is C13H18N2O2. The van der Waals surface area contributed by atoms with Gasteiger partial charge in [-0.25, -0.2) is 0 Å². The smallest absolute Gasteiger partial charge is 0.159 e. The van der Waals surface area contributed by atoms with E-state index in [4.69, 9.17) is 4.74 Å². The predicted octanol–water partition coefficient (Wildman–Crippen LogP) is 1.29. The Morgan fingerprint density at radius 1 is 1.59 bits per heavy atom. The summed E-state index contributed by atoms with van der Waals surface area (Å²) in [6, 6.07) is 7.55. The number of Topliss-reactive ketones (excluding diaryl/α,β-unsaturated/α-hetero) is 1. The topological polar surface area (TPSA) is 50.4 Å². The SMILES string of the molecule is CC(=O)c1cccc(NCC2CNCCO2)c1. The molecule has 0 saturated carbocycles. The summed E-state index contributed by atoms with van der Waals surface area (Å²) in [5.74, 6) is 0.0873. The lowest BCUT2D eigenvalue weighted by atomic mass is 10.1. The summed E-state index contributed by atoms with van der Waals surface area (Å²) in [5.41, 5.74) is 1.70. The van der Waals surface area contributed by atoms with Crippen LogP contribution < -0.4 is 10.6 Å². The molecule has 1 aliphatic rings. The molecule has 0 amide bonds. The van der Waals surface area contributed by atoms with E-state index in [0.29, 0.717) is 0 Å². The van der Waals surface area contributed by atoms with Gasteiger partial charge in [-0.05, 0) is 19.1 Å². The van der Waals surface area contributed by atoms with Crippen LogP contribution in [0.15, 0.2) is 24.3 Å². The van der Waals surface area contributed by atoms with Crippen LogP contribution in [0.25, 0.3) is 0 Å². The summed E-state index contributed by atoms with van der Waals surface area (Å²) in [5, 5.41) is 6.57. The number of hydrogen-bond acceptors (Lipinski definition) is 4. The Balaban J connectivity index is 1.89. The molecule has 1 atom stereocenters. The number of benzene rings is 1. The first-order valence-corrected chi connectivity index (χ1v) is 5.93. The zero-order valence-corrected chi connectivity index (χ0v) is 10.0. The van der Waals surface area contributed by atoms with Gasteiger partial charge in [0.2, 0.25) is 0 Å². The molecule has 1 unspecified atom stereocenters. The molecule has 1 saturated heterocycles. The lowest BCUT2D eigenvalue weighted by Crippen LogP contribution is -2.42. The number of ketones is 1. The minimum Gasteiger partial charge on any atom is -0.382 e. The number of carbonyl (C=O) groups excluding carboxylic acids is 1. The van der Waals surface area contributed by atoms with Crippen LogP contribution in [-0.2, 0) is 4.74 Å². The van der Waals surface area contributed by atoms with E-state index >= 15 is 0 Å². The average Bonchev–Trinajstić information content (AvgIpc) is 2.38. The molecule has 4 nitrogen and oxygen atoms in total. The van der Waals surface area contributed by atoms with E-state index in [1.165, 1.54) is 0 Å². The highest BCUT2D eigenvalue weighted by atomic mass is 16.5. The maximum Gasteiger partial charge on any atom is 0.159 e. The van der Waals surface area contributed by atoms with Crippen molar-refractivity contribution in [3.63, 3.8) is 0 Å². The van der Waals surface area contributed by atoms with Crippen LogP contribution in [0.5, 0.6) is 0 Å². The Labute approximate surface area is 101 Å². The van der Waals surface area contributed by atoms with E-state index in [1.807, 2.05) is 24.3 Å². The van der Waals surface area contributed by atoms with E-state index in [-0.39, 0.29) is 11.9 Å². The Morgan fingerprint density at radius 2 is 2.47 bits per heavy atom. The van der Waals surface area contributed by atoms with Crippen LogP contribution in [0.1, 0.15) is 17.3 Å². The minimum absolute atomic E-state index is 0.0873. The predicted molar refractivity (Wildman–Crippen MR) is 67.5 cm³/mol. The van der Waals surface area contributed by atoms with E-state index < -0.39 is 0 Å². The van der Waals surface area contributed by atoms with E-state index in [9.17, 15) is 4.79 Å². The first kappa shape index (κ1) is 12.1. The summed E-state index contributed by atoms with van der Waals surface area (Å²) in [6.45, 7) is 4.90. The lowest BCUT2D eigenvalue weighted by Gasteiger charge is -2.24. The summed E-state index contributed by atoms with van der Waals surface area (Å²) in [6.07, 6.45) is 0.199. The highest BCUT2D eigenvalue weighted by Crippen LogP contribution is 2.11. The molecular weight excluding hydrogens is 216 g/mol. The normalized spacial score (nSPS) is 19.9. The second-order valence-electron chi connectivity index (χ2n) is 4.21. The van der Waals surface area contributed by atoms with Crippen molar-refractivity contribution in [2.45, 2.75) is 13.0 Å². The minimum atomic E-state index is 0.0873. The van der Waals surface area contributed by atoms with Gasteiger partial charge in [0.25, 0.3) is 0 Å². The number of hydrogen-bond donors (Lipinski definition) is 2. The van der Waals surface area contributed by atoms with Crippen molar-refractivity contribution < 1.29 is 9.53 Å². The number of ether oxygens (including phenoxy) is 1. The largest absolute Gasteiger partial charge is 0.382 e. The standard InChI is InChI=1S/C13H18N2O2/c1-10(16)11-3-2-4-12(7-11)15-9-13-8-14-5-6-17-13/h2-4,7,13-15H,5-6,8-9H2,1H3. The maximum absolute atomic E-state index is 11.2. The molecule has 1 heterocycles. The van der Waals surface area contributed by atoms with Gasteiger partial charge in [-0.15, -0.1) is 0 Å². The van der Waals surface area contributed by atoms with Gasteiger partial charge < -0.3 is 15.4 Å². The molecule has 17 heavy (non-hydrogen) atoms. The Hall–Kier alpha value is -1.39. The fourth-order valence-electron chi connectivity index (χ4n) is 1.83. The number of nitrogens with one attached hydrogen (secondary N) is 2. The fraction of sp³-hybridized carbons (Fsp3) is 0.462. The van der Waals surface area contributed by atoms with Crippen molar-refractivity contribution in [3.8, 4) is 0 Å². The van der Waals surface area contributed by atoms with Crippen molar-refractivity contribution in [1.82, 2.24) is 5.32 Å². The number of anilines is 1. The van der Waals surface area contributed by atoms with Gasteiger partial charge >= 0.3 is 0 Å². The highest BCUT2D eigenvalue weighted by Gasteiger charge is 2.12. The molecule has 0 bridgehead atoms. The van der Waals surface area contributed by atoms with Crippen LogP contribution in [-0.4, -0.2) is 38.1 Å². The van der Waals surface area contributed by atoms with Gasteiger partial charge in [0.1, 0.15) is 0 Å². The molecule has 0 radical (unpaired) electrons. The van der Waals surface area contributed by atoms with E-state index in [0.717, 1.165) is 37.5 Å². The molecule has 0 aliphatic carbocycles. The van der Waals surface area contributed by atoms with Crippen LogP contribution >= 0.6 is 0 Å². The second-order valence-corrected chi connectivity index (χ2v) is 4.21. The number of carbonyl (C=O) groups is 1. The van der Waals surface area contributed by atoms with Crippen molar-refractivity contribution in [3.05, 3.63) is 29.8 Å². The third-order valence-electron chi connectivity index (χ3n) is 2.81. The molecule has 2 N–H and O–H groups in total. The molecule has 0 spiro atoms. The van der Waals surface area contributed by atoms with Gasteiger partial charge in [-0.2, -0.15) is 0 Å². The van der Waals surface area contributed by atoms with Crippen LogP contribution in [0, 0.1) is 0 Å². The Kier molecular flexibility index (Phi) is 4.12. The van der Waals surface area contributed by atoms with Crippen molar-refractivity contribution in [2.75, 3.05) is 31.6 Å². The summed E-state index contributed by atoms with van der Waals surface area (Å²) >= 11 is 0. The zero-order chi connectivity index (χ0) is 12.1. The van der Waals surface area contributed by atoms with Gasteiger partial charge in [0.15, 0.2) is 5.78 Å². The zero-order valence-electron chi connectivity index (χ0n) is 10.0. The van der Waals surface area contributed by atoms with Crippen LogP contribution in [0.2, 0.25) is 0 Å². The fourth-order valence-corrected chi connectivity index (χ4v) is 1.83. The van der Waals surface area contributed by atoms with E-state index in [1.54, 1.807) is 6.92 Å². The molecule has 92 valence electrons. The molecule has 1 aromatic rings. The quantitative estimate of drug-likeness (QED) is 0.771. The molecule has 2 rings (SSSR count). The van der Waals surface area contributed by atoms with Gasteiger partial charge in [-0.3, -0.25) is 4.79 Å². The number of rotatable bonds is 4. The Morgan fingerprint density at radius 3 is 3.18 bits per heavy atom. The summed E-state index contributed by atoms with van der Waals surface area (Å²) in [7, 11) is 0. The second kappa shape index (κ2) is 5.80. The van der Waals surface area contributed by atoms with Crippen molar-refractivity contribution in [1.29, 1.82) is 0 Å². The van der Waals surface area contributed by atoms with Crippen LogP contribution in [0.4, 0.5) is 5.69 Å². The summed E-state index contributed by atoms with van der Waals surface area (Å²) < 4.78 is 5.59. The molecule has 1 fully saturated rings. The summed E-state index contributed by atoms with van der Waals surface area (Å²) in [4.78, 5) is 11.2. The Bertz CT molecular complexity index is 387. The van der Waals surface area contributed by atoms with Gasteiger partial charge in [0.05, 0.1) is 12.7 Å². The molecule has 1 aliphatic heterocycles. The highest BCUT2D eigenvalue weighted by molar-refractivity contribution is 5.94. The van der Waals surface area contributed by atoms with E-state index in [2.05, 4.69) is 10.6 Å². The van der Waals surface area contributed by atoms with Gasteiger partial charge in [0, 0.05) is 30.9 Å². The number of morpholine rings is 1. The van der Waals surface area contributed by atoms with Crippen molar-refractivity contribution in [2.24, 2.45) is 0 Å². The third kappa shape index (κ3) is 3.54. The molecule has 1 aromatic carbocycles. The average molecular weight is 234 g/mol. The van der Waals surface area contributed by atoms with Gasteiger partial charge in [-0.1, -0.05) is 12.1 Å². The molecule has 4 heteroatoms. The first-order valence-electron chi connectivity index (χ1n) is 5.93. The van der Waals surface area contributed by atoms with Crippen LogP contribution in [0.3, 0.4) is 0 Å².